The molecule has 0 radical (unpaired) electrons. The van der Waals surface area contributed by atoms with Crippen LogP contribution in [0.3, 0.4) is 0 Å². The minimum absolute atomic E-state index is 0.560. The van der Waals surface area contributed by atoms with E-state index in [0.717, 1.165) is 16.1 Å². The fraction of sp³-hybridized carbons (Fsp3) is 0.0714. The van der Waals surface area contributed by atoms with Crippen molar-refractivity contribution in [3.8, 4) is 10.6 Å². The predicted octanol–water partition coefficient (Wildman–Crippen LogP) is 5.58. The van der Waals surface area contributed by atoms with Crippen LogP contribution in [0.15, 0.2) is 36.4 Å². The fourth-order valence-corrected chi connectivity index (χ4v) is 3.36. The van der Waals surface area contributed by atoms with E-state index in [1.807, 2.05) is 18.2 Å². The quantitative estimate of drug-likeness (QED) is 0.571. The van der Waals surface area contributed by atoms with Crippen molar-refractivity contribution in [1.82, 2.24) is 4.98 Å². The van der Waals surface area contributed by atoms with E-state index in [1.54, 1.807) is 17.4 Å². The highest BCUT2D eigenvalue weighted by molar-refractivity contribution is 7.21. The van der Waals surface area contributed by atoms with Crippen LogP contribution in [-0.2, 0) is 0 Å². The first kappa shape index (κ1) is 12.0. The minimum atomic E-state index is 0.560. The van der Waals surface area contributed by atoms with Crippen LogP contribution in [0.4, 0.5) is 0 Å². The van der Waals surface area contributed by atoms with Gasteiger partial charge in [0.2, 0.25) is 0 Å². The molecule has 1 heterocycles. The Hall–Kier alpha value is -1.09. The number of aryl methyl sites for hydroxylation is 1. The van der Waals surface area contributed by atoms with Crippen molar-refractivity contribution < 1.29 is 0 Å². The molecule has 4 heteroatoms. The Labute approximate surface area is 119 Å². The first-order valence-electron chi connectivity index (χ1n) is 5.47. The Morgan fingerprint density at radius 1 is 1.11 bits per heavy atom. The summed E-state index contributed by atoms with van der Waals surface area (Å²) in [5.74, 6) is 0. The van der Waals surface area contributed by atoms with Gasteiger partial charge in [0.25, 0.3) is 0 Å². The smallest absolute Gasteiger partial charge is 0.126 e. The molecule has 2 aromatic carbocycles. The zero-order valence-corrected chi connectivity index (χ0v) is 11.9. The zero-order valence-electron chi connectivity index (χ0n) is 9.58. The molecule has 0 fully saturated rings. The average Bonchev–Trinajstić information content (AvgIpc) is 2.75. The highest BCUT2D eigenvalue weighted by atomic mass is 35.5. The molecule has 90 valence electrons. The van der Waals surface area contributed by atoms with Crippen LogP contribution in [0.2, 0.25) is 10.0 Å². The molecule has 0 amide bonds. The van der Waals surface area contributed by atoms with E-state index < -0.39 is 0 Å². The summed E-state index contributed by atoms with van der Waals surface area (Å²) in [6.07, 6.45) is 0. The molecule has 0 saturated carbocycles. The van der Waals surface area contributed by atoms with E-state index in [1.165, 1.54) is 10.3 Å². The molecule has 18 heavy (non-hydrogen) atoms. The van der Waals surface area contributed by atoms with Crippen LogP contribution in [-0.4, -0.2) is 4.98 Å². The van der Waals surface area contributed by atoms with E-state index in [4.69, 9.17) is 23.2 Å². The number of halogens is 2. The second kappa shape index (κ2) is 4.54. The number of rotatable bonds is 1. The molecule has 3 rings (SSSR count). The third kappa shape index (κ3) is 2.01. The van der Waals surface area contributed by atoms with Crippen molar-refractivity contribution in [2.24, 2.45) is 0 Å². The lowest BCUT2D eigenvalue weighted by atomic mass is 10.2. The van der Waals surface area contributed by atoms with Crippen LogP contribution in [0, 0.1) is 6.92 Å². The topological polar surface area (TPSA) is 12.9 Å². The first-order valence-corrected chi connectivity index (χ1v) is 7.04. The number of aromatic nitrogens is 1. The lowest BCUT2D eigenvalue weighted by molar-refractivity contribution is 1.45. The van der Waals surface area contributed by atoms with Gasteiger partial charge >= 0.3 is 0 Å². The molecule has 0 N–H and O–H groups in total. The summed E-state index contributed by atoms with van der Waals surface area (Å²) in [4.78, 5) is 4.60. The molecule has 0 bridgehead atoms. The number of fused-ring (bicyclic) bond motifs is 1. The number of hydrogen-bond acceptors (Lipinski definition) is 2. The second-order valence-corrected chi connectivity index (χ2v) is 5.91. The van der Waals surface area contributed by atoms with Crippen LogP contribution in [0.1, 0.15) is 5.56 Å². The van der Waals surface area contributed by atoms with Gasteiger partial charge in [-0.15, -0.1) is 11.3 Å². The molecule has 0 atom stereocenters. The Bertz CT molecular complexity index is 734. The van der Waals surface area contributed by atoms with Crippen molar-refractivity contribution in [2.75, 3.05) is 0 Å². The van der Waals surface area contributed by atoms with Gasteiger partial charge in [-0.2, -0.15) is 0 Å². The van der Waals surface area contributed by atoms with Gasteiger partial charge in [-0.05, 0) is 30.7 Å². The highest BCUT2D eigenvalue weighted by Crippen LogP contribution is 2.37. The van der Waals surface area contributed by atoms with Gasteiger partial charge in [-0.3, -0.25) is 0 Å². The van der Waals surface area contributed by atoms with E-state index in [2.05, 4.69) is 24.0 Å². The summed E-state index contributed by atoms with van der Waals surface area (Å²) in [5.41, 5.74) is 3.12. The minimum Gasteiger partial charge on any atom is -0.236 e. The summed E-state index contributed by atoms with van der Waals surface area (Å²) >= 11 is 13.9. The molecule has 1 aromatic heterocycles. The Balaban J connectivity index is 2.22. The Morgan fingerprint density at radius 3 is 2.78 bits per heavy atom. The maximum atomic E-state index is 6.22. The van der Waals surface area contributed by atoms with Crippen molar-refractivity contribution in [1.29, 1.82) is 0 Å². The van der Waals surface area contributed by atoms with Crippen LogP contribution in [0.25, 0.3) is 20.8 Å². The number of thiazole rings is 1. The highest BCUT2D eigenvalue weighted by Gasteiger charge is 2.11. The van der Waals surface area contributed by atoms with Crippen molar-refractivity contribution in [3.05, 3.63) is 52.0 Å². The maximum Gasteiger partial charge on any atom is 0.126 e. The lowest BCUT2D eigenvalue weighted by Crippen LogP contribution is -1.78. The van der Waals surface area contributed by atoms with Gasteiger partial charge in [0.05, 0.1) is 20.3 Å². The molecular weight excluding hydrogens is 285 g/mol. The summed E-state index contributed by atoms with van der Waals surface area (Å²) in [5, 5.41) is 2.03. The predicted molar refractivity (Wildman–Crippen MR) is 79.8 cm³/mol. The third-order valence-corrected chi connectivity index (χ3v) is 4.60. The molecule has 0 aliphatic rings. The standard InChI is InChI=1S/C14H9Cl2NS/c1-8-5-6-11-12(7-8)18-14(17-11)9-3-2-4-10(15)13(9)16/h2-7H,1H3. The largest absolute Gasteiger partial charge is 0.236 e. The van der Waals surface area contributed by atoms with Crippen LogP contribution in [0.5, 0.6) is 0 Å². The van der Waals surface area contributed by atoms with Crippen molar-refractivity contribution >= 4 is 44.8 Å². The Kier molecular flexibility index (Phi) is 3.02. The normalized spacial score (nSPS) is 11.1. The average molecular weight is 294 g/mol. The SMILES string of the molecule is Cc1ccc2nc(-c3cccc(Cl)c3Cl)sc2c1. The van der Waals surface area contributed by atoms with Gasteiger partial charge in [-0.1, -0.05) is 41.4 Å². The van der Waals surface area contributed by atoms with E-state index in [0.29, 0.717) is 10.0 Å². The third-order valence-electron chi connectivity index (χ3n) is 2.73. The van der Waals surface area contributed by atoms with Gasteiger partial charge in [-0.25, -0.2) is 4.98 Å². The monoisotopic (exact) mass is 293 g/mol. The molecule has 0 saturated heterocycles. The van der Waals surface area contributed by atoms with E-state index in [-0.39, 0.29) is 0 Å². The van der Waals surface area contributed by atoms with Crippen molar-refractivity contribution in [3.63, 3.8) is 0 Å². The molecule has 0 aliphatic carbocycles. The maximum absolute atomic E-state index is 6.22. The number of hydrogen-bond donors (Lipinski definition) is 0. The lowest BCUT2D eigenvalue weighted by Gasteiger charge is -2.00. The van der Waals surface area contributed by atoms with Gasteiger partial charge in [0.1, 0.15) is 5.01 Å². The first-order chi connectivity index (χ1) is 8.65. The van der Waals surface area contributed by atoms with E-state index >= 15 is 0 Å². The fourth-order valence-electron chi connectivity index (χ4n) is 1.82. The number of benzene rings is 2. The molecule has 0 spiro atoms. The van der Waals surface area contributed by atoms with Gasteiger partial charge in [0.15, 0.2) is 0 Å². The summed E-state index contributed by atoms with van der Waals surface area (Å²) < 4.78 is 1.17. The summed E-state index contributed by atoms with van der Waals surface area (Å²) in [6.45, 7) is 2.07. The van der Waals surface area contributed by atoms with E-state index in [9.17, 15) is 0 Å². The number of nitrogens with zero attached hydrogens (tertiary/aromatic N) is 1. The molecule has 0 unspecified atom stereocenters. The zero-order chi connectivity index (χ0) is 12.7. The molecular formula is C14H9Cl2NS. The molecule has 0 aliphatic heterocycles. The van der Waals surface area contributed by atoms with Crippen molar-refractivity contribution in [2.45, 2.75) is 6.92 Å². The molecule has 3 aromatic rings. The van der Waals surface area contributed by atoms with Crippen LogP contribution < -0.4 is 0 Å². The van der Waals surface area contributed by atoms with Crippen LogP contribution >= 0.6 is 34.5 Å². The summed E-state index contributed by atoms with van der Waals surface area (Å²) in [6, 6.07) is 11.8. The molecule has 1 nitrogen and oxygen atoms in total. The van der Waals surface area contributed by atoms with Gasteiger partial charge < -0.3 is 0 Å². The second-order valence-electron chi connectivity index (χ2n) is 4.09. The van der Waals surface area contributed by atoms with Gasteiger partial charge in [0, 0.05) is 5.56 Å². The summed E-state index contributed by atoms with van der Waals surface area (Å²) in [7, 11) is 0. The Morgan fingerprint density at radius 2 is 1.94 bits per heavy atom.